The molecule has 2 heterocycles. The third-order valence-electron chi connectivity index (χ3n) is 7.73. The molecule has 0 fully saturated rings. The molecular formula is C40H26N6O4V. The zero-order valence-electron chi connectivity index (χ0n) is 26.8. The summed E-state index contributed by atoms with van der Waals surface area (Å²) in [7, 11) is 0. The van der Waals surface area contributed by atoms with Crippen molar-refractivity contribution in [1.29, 1.82) is 0 Å². The molecule has 6 aromatic carbocycles. The second kappa shape index (κ2) is 15.3. The van der Waals surface area contributed by atoms with E-state index in [-0.39, 0.29) is 41.6 Å². The maximum Gasteiger partial charge on any atom is 4.00 e. The van der Waals surface area contributed by atoms with E-state index in [2.05, 4.69) is 20.2 Å². The number of hydrogen-bond donors (Lipinski definition) is 0. The Balaban J connectivity index is 0.000000172. The van der Waals surface area contributed by atoms with Crippen molar-refractivity contribution in [1.82, 2.24) is 29.5 Å². The Labute approximate surface area is 305 Å². The molecule has 0 spiro atoms. The summed E-state index contributed by atoms with van der Waals surface area (Å²) in [5.74, 6) is 0.818. The smallest absolute Gasteiger partial charge is 0.872 e. The van der Waals surface area contributed by atoms with Gasteiger partial charge in [-0.25, -0.2) is 19.3 Å². The van der Waals surface area contributed by atoms with Crippen LogP contribution in [0.25, 0.3) is 56.9 Å². The molecule has 0 aliphatic heterocycles. The predicted octanol–water partition coefficient (Wildman–Crippen LogP) is 5.49. The van der Waals surface area contributed by atoms with Crippen molar-refractivity contribution in [2.75, 3.05) is 0 Å². The summed E-state index contributed by atoms with van der Waals surface area (Å²) in [5.41, 5.74) is 3.22. The average molecular weight is 706 g/mol. The van der Waals surface area contributed by atoms with Gasteiger partial charge in [0.1, 0.15) is 0 Å². The third-order valence-corrected chi connectivity index (χ3v) is 7.73. The number of nitrogens with zero attached hydrogens (tertiary/aromatic N) is 6. The van der Waals surface area contributed by atoms with Crippen molar-refractivity contribution < 1.29 is 39.0 Å². The minimum Gasteiger partial charge on any atom is -0.872 e. The molecule has 51 heavy (non-hydrogen) atoms. The van der Waals surface area contributed by atoms with Crippen LogP contribution in [0, 0.1) is 0 Å². The molecule has 0 aliphatic carbocycles. The van der Waals surface area contributed by atoms with Gasteiger partial charge in [0.15, 0.2) is 23.3 Å². The Hall–Kier alpha value is -6.62. The number of para-hydroxylation sites is 6. The number of hydrogen-bond acceptors (Lipinski definition) is 8. The van der Waals surface area contributed by atoms with Crippen LogP contribution < -0.4 is 20.4 Å². The summed E-state index contributed by atoms with van der Waals surface area (Å²) < 4.78 is 3.19. The second-order valence-corrected chi connectivity index (χ2v) is 11.0. The van der Waals surface area contributed by atoms with Crippen molar-refractivity contribution in [3.8, 4) is 79.9 Å². The zero-order chi connectivity index (χ0) is 34.5. The molecule has 0 saturated heterocycles. The Morgan fingerprint density at radius 1 is 0.333 bits per heavy atom. The van der Waals surface area contributed by atoms with Crippen LogP contribution in [-0.4, -0.2) is 29.5 Å². The summed E-state index contributed by atoms with van der Waals surface area (Å²) in [6.45, 7) is 0. The first-order valence-corrected chi connectivity index (χ1v) is 15.6. The van der Waals surface area contributed by atoms with Gasteiger partial charge in [0.2, 0.25) is 0 Å². The van der Waals surface area contributed by atoms with Gasteiger partial charge in [0.25, 0.3) is 0 Å². The van der Waals surface area contributed by atoms with E-state index in [1.165, 1.54) is 24.3 Å². The van der Waals surface area contributed by atoms with E-state index >= 15 is 0 Å². The van der Waals surface area contributed by atoms with E-state index in [9.17, 15) is 20.4 Å². The van der Waals surface area contributed by atoms with Crippen LogP contribution in [-0.2, 0) is 18.6 Å². The Morgan fingerprint density at radius 2 is 0.608 bits per heavy atom. The largest absolute Gasteiger partial charge is 4.00 e. The van der Waals surface area contributed by atoms with E-state index in [1.54, 1.807) is 82.2 Å². The van der Waals surface area contributed by atoms with Gasteiger partial charge in [0.05, 0.1) is 11.4 Å². The molecule has 8 aromatic rings. The summed E-state index contributed by atoms with van der Waals surface area (Å²) in [5, 5.41) is 57.8. The monoisotopic (exact) mass is 705 g/mol. The van der Waals surface area contributed by atoms with E-state index in [4.69, 9.17) is 0 Å². The van der Waals surface area contributed by atoms with Crippen LogP contribution in [0.1, 0.15) is 0 Å². The van der Waals surface area contributed by atoms with Gasteiger partial charge >= 0.3 is 18.6 Å². The van der Waals surface area contributed by atoms with Crippen molar-refractivity contribution in [3.05, 3.63) is 158 Å². The summed E-state index contributed by atoms with van der Waals surface area (Å²) in [6, 6.07) is 45.3. The van der Waals surface area contributed by atoms with E-state index in [1.807, 2.05) is 60.7 Å². The van der Waals surface area contributed by atoms with Crippen LogP contribution in [0.2, 0.25) is 0 Å². The molecule has 245 valence electrons. The van der Waals surface area contributed by atoms with Gasteiger partial charge in [0, 0.05) is 22.3 Å². The maximum absolute atomic E-state index is 12.3. The van der Waals surface area contributed by atoms with E-state index < -0.39 is 0 Å². The normalized spacial score (nSPS) is 10.5. The second-order valence-electron chi connectivity index (χ2n) is 11.0. The van der Waals surface area contributed by atoms with Gasteiger partial charge < -0.3 is 20.4 Å². The quantitative estimate of drug-likeness (QED) is 0.220. The number of aromatic nitrogens is 6. The molecule has 0 unspecified atom stereocenters. The van der Waals surface area contributed by atoms with Gasteiger partial charge in [-0.3, -0.25) is 0 Å². The summed E-state index contributed by atoms with van der Waals surface area (Å²) in [4.78, 5) is 9.00. The molecule has 8 rings (SSSR count). The zero-order valence-corrected chi connectivity index (χ0v) is 28.2. The fraction of sp³-hybridized carbons (Fsp3) is 0. The molecule has 2 aromatic heterocycles. The van der Waals surface area contributed by atoms with Gasteiger partial charge in [-0.1, -0.05) is 156 Å². The Kier molecular flexibility index (Phi) is 10.3. The molecule has 1 radical (unpaired) electrons. The van der Waals surface area contributed by atoms with Crippen molar-refractivity contribution in [2.45, 2.75) is 0 Å². The van der Waals surface area contributed by atoms with E-state index in [0.717, 1.165) is 11.4 Å². The molecule has 11 heteroatoms. The summed E-state index contributed by atoms with van der Waals surface area (Å²) in [6.07, 6.45) is 0. The SMILES string of the molecule is [O-]c1ccccc1-c1nc(-c2ccccc2[O-])n(-c2ccccc2)n1.[O-]c1ccccc1-c1nc(-c2ccccc2[O-])n(-c2ccccc2)n1.[V+4]. The number of benzene rings is 6. The van der Waals surface area contributed by atoms with Crippen LogP contribution in [0.4, 0.5) is 0 Å². The standard InChI is InChI=1S/2C20H15N3O2.V/c2*24-17-12-6-4-10-15(17)19-21-20(16-11-5-7-13-18(16)25)23(22-19)14-8-2-1-3-9-14;/h2*1-13,24-25H;/q;;+4/p-4. The molecule has 0 atom stereocenters. The van der Waals surface area contributed by atoms with Gasteiger partial charge in [-0.15, -0.1) is 10.2 Å². The first kappa shape index (κ1) is 34.3. The van der Waals surface area contributed by atoms with Crippen molar-refractivity contribution in [2.24, 2.45) is 0 Å². The predicted molar refractivity (Wildman–Crippen MR) is 182 cm³/mol. The maximum atomic E-state index is 12.3. The minimum absolute atomic E-state index is 0. The Morgan fingerprint density at radius 3 is 0.922 bits per heavy atom. The molecule has 0 N–H and O–H groups in total. The first-order chi connectivity index (χ1) is 24.5. The third kappa shape index (κ3) is 7.23. The number of rotatable bonds is 6. The van der Waals surface area contributed by atoms with Crippen molar-refractivity contribution >= 4 is 0 Å². The van der Waals surface area contributed by atoms with Crippen LogP contribution in [0.3, 0.4) is 0 Å². The molecule has 0 saturated carbocycles. The van der Waals surface area contributed by atoms with Crippen LogP contribution in [0.5, 0.6) is 23.0 Å². The first-order valence-electron chi connectivity index (χ1n) is 15.6. The van der Waals surface area contributed by atoms with Gasteiger partial charge in [-0.05, 0) is 24.3 Å². The van der Waals surface area contributed by atoms with E-state index in [0.29, 0.717) is 45.6 Å². The molecular weight excluding hydrogens is 679 g/mol. The van der Waals surface area contributed by atoms with Gasteiger partial charge in [-0.2, -0.15) is 0 Å². The molecule has 0 bridgehead atoms. The molecule has 0 aliphatic rings. The fourth-order valence-corrected chi connectivity index (χ4v) is 5.30. The van der Waals surface area contributed by atoms with Crippen LogP contribution >= 0.6 is 0 Å². The molecule has 10 nitrogen and oxygen atoms in total. The fourth-order valence-electron chi connectivity index (χ4n) is 5.30. The van der Waals surface area contributed by atoms with Crippen molar-refractivity contribution in [3.63, 3.8) is 0 Å². The topological polar surface area (TPSA) is 154 Å². The average Bonchev–Trinajstić information content (AvgIpc) is 3.79. The molecule has 0 amide bonds. The van der Waals surface area contributed by atoms with Crippen LogP contribution in [0.15, 0.2) is 158 Å². The Bertz CT molecular complexity index is 2230. The summed E-state index contributed by atoms with van der Waals surface area (Å²) >= 11 is 0. The minimum atomic E-state index is -0.158.